The molecule has 32 heavy (non-hydrogen) atoms. The molecule has 0 radical (unpaired) electrons. The van der Waals surface area contributed by atoms with Gasteiger partial charge in [0.15, 0.2) is 11.0 Å². The zero-order valence-electron chi connectivity index (χ0n) is 17.7. The molecule has 162 valence electrons. The number of fused-ring (bicyclic) bond motifs is 1. The molecule has 0 saturated carbocycles. The average molecular weight is 446 g/mol. The molecular formula is C24H23N5O2S. The van der Waals surface area contributed by atoms with Crippen molar-refractivity contribution in [2.75, 3.05) is 11.1 Å². The molecule has 0 aliphatic heterocycles. The number of thioether (sulfide) groups is 1. The Bertz CT molecular complexity index is 1250. The van der Waals surface area contributed by atoms with E-state index >= 15 is 0 Å². The van der Waals surface area contributed by atoms with Crippen LogP contribution < -0.4 is 10.1 Å². The summed E-state index contributed by atoms with van der Waals surface area (Å²) in [6, 6.07) is 17.3. The van der Waals surface area contributed by atoms with E-state index in [4.69, 9.17) is 4.74 Å². The van der Waals surface area contributed by atoms with Crippen molar-refractivity contribution < 1.29 is 9.53 Å². The first-order chi connectivity index (χ1) is 15.6. The van der Waals surface area contributed by atoms with E-state index in [-0.39, 0.29) is 18.3 Å². The topological polar surface area (TPSA) is 81.9 Å². The van der Waals surface area contributed by atoms with Gasteiger partial charge in [0.2, 0.25) is 5.91 Å². The number of aromatic nitrogens is 4. The minimum absolute atomic E-state index is 0.128. The van der Waals surface area contributed by atoms with E-state index in [2.05, 4.69) is 27.1 Å². The van der Waals surface area contributed by atoms with Crippen molar-refractivity contribution in [3.05, 3.63) is 84.8 Å². The van der Waals surface area contributed by atoms with E-state index in [0.29, 0.717) is 17.5 Å². The lowest BCUT2D eigenvalue weighted by Crippen LogP contribution is -2.15. The van der Waals surface area contributed by atoms with Crippen LogP contribution in [0.5, 0.6) is 5.75 Å². The van der Waals surface area contributed by atoms with Gasteiger partial charge in [-0.15, -0.1) is 16.8 Å². The summed E-state index contributed by atoms with van der Waals surface area (Å²) in [7, 11) is 0. The summed E-state index contributed by atoms with van der Waals surface area (Å²) in [5.74, 6) is 1.52. The molecule has 7 nitrogen and oxygen atoms in total. The Labute approximate surface area is 190 Å². The summed E-state index contributed by atoms with van der Waals surface area (Å²) in [6.07, 6.45) is 3.50. The van der Waals surface area contributed by atoms with Crippen molar-refractivity contribution in [3.8, 4) is 5.75 Å². The summed E-state index contributed by atoms with van der Waals surface area (Å²) < 4.78 is 7.77. The summed E-state index contributed by atoms with van der Waals surface area (Å²) in [6.45, 7) is 6.64. The van der Waals surface area contributed by atoms with Gasteiger partial charge in [0.05, 0.1) is 17.0 Å². The Morgan fingerprint density at radius 1 is 1.19 bits per heavy atom. The molecule has 0 saturated heterocycles. The number of hydrogen-bond donors (Lipinski definition) is 1. The van der Waals surface area contributed by atoms with Gasteiger partial charge < -0.3 is 10.1 Å². The van der Waals surface area contributed by atoms with Crippen LogP contribution in [0.1, 0.15) is 11.4 Å². The van der Waals surface area contributed by atoms with E-state index < -0.39 is 0 Å². The van der Waals surface area contributed by atoms with E-state index in [0.717, 1.165) is 27.9 Å². The fourth-order valence-corrected chi connectivity index (χ4v) is 3.99. The molecule has 0 bridgehead atoms. The highest BCUT2D eigenvalue weighted by Gasteiger charge is 2.15. The molecule has 1 N–H and O–H groups in total. The zero-order valence-corrected chi connectivity index (χ0v) is 18.5. The summed E-state index contributed by atoms with van der Waals surface area (Å²) in [4.78, 5) is 16.9. The molecule has 4 aromatic rings. The van der Waals surface area contributed by atoms with Gasteiger partial charge >= 0.3 is 0 Å². The van der Waals surface area contributed by atoms with Gasteiger partial charge in [-0.2, -0.15) is 0 Å². The second kappa shape index (κ2) is 10.1. The number of allylic oxidation sites excluding steroid dienone is 1. The number of anilines is 1. The van der Waals surface area contributed by atoms with Crippen LogP contribution in [0, 0.1) is 6.92 Å². The first-order valence-corrected chi connectivity index (χ1v) is 11.1. The van der Waals surface area contributed by atoms with Gasteiger partial charge in [0.1, 0.15) is 12.4 Å². The number of rotatable bonds is 9. The molecule has 0 unspecified atom stereocenters. The Kier molecular flexibility index (Phi) is 6.81. The lowest BCUT2D eigenvalue weighted by atomic mass is 10.2. The molecule has 2 aromatic heterocycles. The molecule has 0 aliphatic carbocycles. The number of nitrogens with zero attached hydrogens (tertiary/aromatic N) is 4. The van der Waals surface area contributed by atoms with Gasteiger partial charge in [0, 0.05) is 18.1 Å². The van der Waals surface area contributed by atoms with Gasteiger partial charge in [0.25, 0.3) is 0 Å². The molecule has 1 amide bonds. The van der Waals surface area contributed by atoms with Gasteiger partial charge in [-0.3, -0.25) is 14.3 Å². The highest BCUT2D eigenvalue weighted by atomic mass is 32.2. The van der Waals surface area contributed by atoms with Crippen LogP contribution in [0.3, 0.4) is 0 Å². The number of carbonyl (C=O) groups is 1. The lowest BCUT2D eigenvalue weighted by molar-refractivity contribution is -0.113. The predicted octanol–water partition coefficient (Wildman–Crippen LogP) is 4.63. The maximum Gasteiger partial charge on any atom is 0.234 e. The van der Waals surface area contributed by atoms with Crippen molar-refractivity contribution in [3.63, 3.8) is 0 Å². The average Bonchev–Trinajstić information content (AvgIpc) is 3.18. The van der Waals surface area contributed by atoms with Crippen LogP contribution >= 0.6 is 11.8 Å². The molecule has 0 fully saturated rings. The number of nitrogens with one attached hydrogen (secondary N) is 1. The molecule has 4 rings (SSSR count). The number of hydrogen-bond acceptors (Lipinski definition) is 6. The maximum absolute atomic E-state index is 12.6. The third-order valence-corrected chi connectivity index (χ3v) is 5.68. The van der Waals surface area contributed by atoms with Crippen LogP contribution in [0.2, 0.25) is 0 Å². The Morgan fingerprint density at radius 2 is 2.06 bits per heavy atom. The largest absolute Gasteiger partial charge is 0.486 e. The number of amides is 1. The Morgan fingerprint density at radius 3 is 2.91 bits per heavy atom. The molecule has 2 heterocycles. The third kappa shape index (κ3) is 5.15. The second-order valence-electron chi connectivity index (χ2n) is 7.12. The quantitative estimate of drug-likeness (QED) is 0.299. The number of carbonyl (C=O) groups excluding carboxylic acids is 1. The first-order valence-electron chi connectivity index (χ1n) is 10.1. The Balaban J connectivity index is 1.41. The van der Waals surface area contributed by atoms with Crippen LogP contribution in [0.15, 0.2) is 78.6 Å². The van der Waals surface area contributed by atoms with Crippen LogP contribution in [-0.4, -0.2) is 31.4 Å². The first kappa shape index (κ1) is 21.6. The number of pyridine rings is 1. The highest BCUT2D eigenvalue weighted by molar-refractivity contribution is 7.99. The summed E-state index contributed by atoms with van der Waals surface area (Å²) >= 11 is 1.32. The normalized spacial score (nSPS) is 10.8. The second-order valence-corrected chi connectivity index (χ2v) is 8.06. The molecule has 0 atom stereocenters. The van der Waals surface area contributed by atoms with Gasteiger partial charge in [-0.1, -0.05) is 36.0 Å². The van der Waals surface area contributed by atoms with Crippen LogP contribution in [0.25, 0.3) is 10.9 Å². The monoisotopic (exact) mass is 445 g/mol. The van der Waals surface area contributed by atoms with E-state index in [1.54, 1.807) is 12.3 Å². The van der Waals surface area contributed by atoms with E-state index in [9.17, 15) is 4.79 Å². The van der Waals surface area contributed by atoms with Gasteiger partial charge in [-0.25, -0.2) is 0 Å². The molecule has 0 spiro atoms. The molecular weight excluding hydrogens is 422 g/mol. The minimum atomic E-state index is -0.128. The van der Waals surface area contributed by atoms with E-state index in [1.807, 2.05) is 66.1 Å². The highest BCUT2D eigenvalue weighted by Crippen LogP contribution is 2.23. The van der Waals surface area contributed by atoms with E-state index in [1.165, 1.54) is 11.8 Å². The van der Waals surface area contributed by atoms with Gasteiger partial charge in [-0.05, 0) is 48.9 Å². The maximum atomic E-state index is 12.6. The Hall–Kier alpha value is -3.65. The number of benzene rings is 2. The predicted molar refractivity (Wildman–Crippen MR) is 127 cm³/mol. The minimum Gasteiger partial charge on any atom is -0.486 e. The van der Waals surface area contributed by atoms with Crippen molar-refractivity contribution in [1.29, 1.82) is 0 Å². The lowest BCUT2D eigenvalue weighted by Gasteiger charge is -2.10. The van der Waals surface area contributed by atoms with Crippen LogP contribution in [-0.2, 0) is 17.9 Å². The summed E-state index contributed by atoms with van der Waals surface area (Å²) in [5, 5.41) is 13.0. The summed E-state index contributed by atoms with van der Waals surface area (Å²) in [5.41, 5.74) is 2.70. The fourth-order valence-electron chi connectivity index (χ4n) is 3.23. The smallest absolute Gasteiger partial charge is 0.234 e. The van der Waals surface area contributed by atoms with Crippen molar-refractivity contribution in [1.82, 2.24) is 19.7 Å². The zero-order chi connectivity index (χ0) is 22.3. The van der Waals surface area contributed by atoms with Crippen molar-refractivity contribution in [2.45, 2.75) is 25.2 Å². The van der Waals surface area contributed by atoms with Crippen molar-refractivity contribution >= 4 is 34.3 Å². The number of ether oxygens (including phenoxy) is 1. The third-order valence-electron chi connectivity index (χ3n) is 4.71. The standard InChI is InChI=1S/C24H23N5O2S/c1-3-13-29-22(15-31-18-8-4-7-17(2)14-18)27-28-24(29)32-16-23(30)26-21-11-5-10-20-19(21)9-6-12-25-20/h3-12,14H,1,13,15-16H2,2H3,(H,26,30). The molecule has 0 aliphatic rings. The SMILES string of the molecule is C=CCn1c(COc2cccc(C)c2)nnc1SCC(=O)Nc1cccc2ncccc12. The van der Waals surface area contributed by atoms with Crippen molar-refractivity contribution in [2.24, 2.45) is 0 Å². The molecule has 2 aromatic carbocycles. The molecule has 8 heteroatoms. The fraction of sp³-hybridized carbons (Fsp3) is 0.167. The number of aryl methyl sites for hydroxylation is 1. The van der Waals surface area contributed by atoms with Crippen LogP contribution in [0.4, 0.5) is 5.69 Å².